The molecule has 26 valence electrons. The fraction of sp³-hybridized carbons (Fsp3) is 0. The molecule has 0 spiro atoms. The molecule has 0 saturated carbocycles. The molecule has 0 aromatic carbocycles. The predicted octanol–water partition coefficient (Wildman–Crippen LogP) is -0.273. The van der Waals surface area contributed by atoms with Gasteiger partial charge in [-0.2, -0.15) is 13.5 Å². The molecule has 0 fully saturated rings. The standard InChI is InChI=1S/As.Cu.H2S.Zn/h;;1H2;. The van der Waals surface area contributed by atoms with Crippen molar-refractivity contribution in [3.05, 3.63) is 0 Å². The van der Waals surface area contributed by atoms with Gasteiger partial charge in [-0.05, 0) is 0 Å². The molecule has 0 heterocycles. The van der Waals surface area contributed by atoms with Crippen LogP contribution in [0.15, 0.2) is 0 Å². The van der Waals surface area contributed by atoms with E-state index >= 15 is 0 Å². The molecule has 0 aromatic heterocycles. The van der Waals surface area contributed by atoms with Crippen molar-refractivity contribution in [3.63, 3.8) is 0 Å². The van der Waals surface area contributed by atoms with Gasteiger partial charge in [-0.15, -0.1) is 0 Å². The second kappa shape index (κ2) is 19.7. The molecule has 0 aliphatic rings. The largest absolute Gasteiger partial charge is 0.197 e. The Kier molecular flexibility index (Phi) is 181. The number of hydrogen-bond acceptors (Lipinski definition) is 0. The monoisotopic (exact) mass is 236 g/mol. The molecule has 0 nitrogen and oxygen atoms in total. The minimum absolute atomic E-state index is 0. The molecule has 4 heavy (non-hydrogen) atoms. The summed E-state index contributed by atoms with van der Waals surface area (Å²) in [4.78, 5) is 0. The van der Waals surface area contributed by atoms with Gasteiger partial charge >= 0.3 is 0 Å². The summed E-state index contributed by atoms with van der Waals surface area (Å²) in [5.74, 6) is 0. The summed E-state index contributed by atoms with van der Waals surface area (Å²) >= 11 is 0. The summed E-state index contributed by atoms with van der Waals surface area (Å²) in [6.07, 6.45) is 0. The van der Waals surface area contributed by atoms with Crippen LogP contribution in [0.5, 0.6) is 0 Å². The van der Waals surface area contributed by atoms with E-state index in [0.717, 1.165) is 0 Å². The maximum Gasteiger partial charge on any atom is 0 e. The van der Waals surface area contributed by atoms with Gasteiger partial charge in [0, 0.05) is 54.5 Å². The Labute approximate surface area is 67.5 Å². The molecule has 4 radical (unpaired) electrons. The van der Waals surface area contributed by atoms with Crippen LogP contribution in [0, 0.1) is 0 Å². The summed E-state index contributed by atoms with van der Waals surface area (Å²) in [5, 5.41) is 0. The van der Waals surface area contributed by atoms with Gasteiger partial charge in [0.1, 0.15) is 0 Å². The molecule has 0 saturated heterocycles. The summed E-state index contributed by atoms with van der Waals surface area (Å²) in [6.45, 7) is 0. The van der Waals surface area contributed by atoms with E-state index in [1.54, 1.807) is 0 Å². The van der Waals surface area contributed by atoms with Crippen molar-refractivity contribution in [2.75, 3.05) is 0 Å². The molecule has 0 N–H and O–H groups in total. The van der Waals surface area contributed by atoms with E-state index in [4.69, 9.17) is 0 Å². The molecule has 0 atom stereocenters. The van der Waals surface area contributed by atoms with Crippen molar-refractivity contribution in [2.24, 2.45) is 0 Å². The predicted molar refractivity (Wildman–Crippen MR) is 16.1 cm³/mol. The van der Waals surface area contributed by atoms with Crippen LogP contribution in [0.3, 0.4) is 0 Å². The first-order valence-electron chi connectivity index (χ1n) is 0. The molecule has 4 heteroatoms. The van der Waals surface area contributed by atoms with Crippen molar-refractivity contribution >= 4 is 31.4 Å². The fourth-order valence-corrected chi connectivity index (χ4v) is 0. The van der Waals surface area contributed by atoms with E-state index in [1.807, 2.05) is 0 Å². The van der Waals surface area contributed by atoms with Crippen LogP contribution in [-0.2, 0) is 36.5 Å². The third kappa shape index (κ3) is 8.96. The van der Waals surface area contributed by atoms with Crippen molar-refractivity contribution in [1.82, 2.24) is 0 Å². The maximum absolute atomic E-state index is 0. The average Bonchev–Trinajstić information content (AvgIpc) is 0. The Bertz CT molecular complexity index is 8.00. The molecule has 0 unspecified atom stereocenters. The van der Waals surface area contributed by atoms with Crippen molar-refractivity contribution in [3.8, 4) is 0 Å². The summed E-state index contributed by atoms with van der Waals surface area (Å²) < 4.78 is 0. The van der Waals surface area contributed by atoms with E-state index < -0.39 is 0 Å². The first-order chi connectivity index (χ1) is 0. The van der Waals surface area contributed by atoms with Gasteiger partial charge in [0.15, 0.2) is 0 Å². The van der Waals surface area contributed by atoms with E-state index in [1.165, 1.54) is 0 Å². The summed E-state index contributed by atoms with van der Waals surface area (Å²) in [7, 11) is 0. The van der Waals surface area contributed by atoms with Gasteiger partial charge in [0.25, 0.3) is 0 Å². The Balaban J connectivity index is 0. The summed E-state index contributed by atoms with van der Waals surface area (Å²) in [5.41, 5.74) is 0. The first-order valence-corrected chi connectivity index (χ1v) is 0. The number of hydrogen-bond donors (Lipinski definition) is 0. The Morgan fingerprint density at radius 3 is 1.00 bits per heavy atom. The zero-order valence-corrected chi connectivity index (χ0v) is 8.74. The summed E-state index contributed by atoms with van der Waals surface area (Å²) in [6, 6.07) is 0. The van der Waals surface area contributed by atoms with Gasteiger partial charge in [0.2, 0.25) is 0 Å². The Hall–Kier alpha value is 2.05. The minimum Gasteiger partial charge on any atom is -0.197 e. The minimum atomic E-state index is 0. The fourth-order valence-electron chi connectivity index (χ4n) is 0. The van der Waals surface area contributed by atoms with Crippen LogP contribution in [0.1, 0.15) is 0 Å². The Morgan fingerprint density at radius 2 is 1.00 bits per heavy atom. The third-order valence-electron chi connectivity index (χ3n) is 0. The van der Waals surface area contributed by atoms with Crippen LogP contribution >= 0.6 is 13.5 Å². The second-order valence-corrected chi connectivity index (χ2v) is 0. The molecule has 0 rings (SSSR count). The van der Waals surface area contributed by atoms with Crippen LogP contribution < -0.4 is 0 Å². The molecular formula is H2AsCuSZn. The van der Waals surface area contributed by atoms with Gasteiger partial charge in [-0.25, -0.2) is 0 Å². The topological polar surface area (TPSA) is 0 Å². The van der Waals surface area contributed by atoms with Gasteiger partial charge in [-0.3, -0.25) is 0 Å². The average molecular weight is 238 g/mol. The molecule has 0 aliphatic carbocycles. The molecule has 0 aliphatic heterocycles. The smallest absolute Gasteiger partial charge is 0 e. The van der Waals surface area contributed by atoms with Crippen molar-refractivity contribution in [2.45, 2.75) is 0 Å². The second-order valence-electron chi connectivity index (χ2n) is 0. The SMILES string of the molecule is S.[As].[Cu].[Zn]. The van der Waals surface area contributed by atoms with Crippen LogP contribution in [0.2, 0.25) is 0 Å². The molecule has 0 aromatic rings. The normalized spacial score (nSPS) is 0. The maximum atomic E-state index is 0. The van der Waals surface area contributed by atoms with E-state index in [9.17, 15) is 0 Å². The van der Waals surface area contributed by atoms with Crippen molar-refractivity contribution < 1.29 is 36.5 Å². The third-order valence-corrected chi connectivity index (χ3v) is 0. The zero-order chi connectivity index (χ0) is 0. The number of rotatable bonds is 0. The zero-order valence-electron chi connectivity index (χ0n) is 1.96. The first kappa shape index (κ1) is 36.7. The van der Waals surface area contributed by atoms with Crippen LogP contribution in [-0.4, -0.2) is 18.0 Å². The van der Waals surface area contributed by atoms with Gasteiger partial charge in [0.05, 0.1) is 0 Å². The van der Waals surface area contributed by atoms with E-state index in [0.29, 0.717) is 0 Å². The molecule has 0 bridgehead atoms. The quantitative estimate of drug-likeness (QED) is 0.509. The molecular weight excluding hydrogens is 236 g/mol. The van der Waals surface area contributed by atoms with Crippen LogP contribution in [0.4, 0.5) is 0 Å². The van der Waals surface area contributed by atoms with Crippen LogP contribution in [0.25, 0.3) is 0 Å². The van der Waals surface area contributed by atoms with Crippen molar-refractivity contribution in [1.29, 1.82) is 0 Å². The molecule has 0 amide bonds. The Morgan fingerprint density at radius 1 is 1.00 bits per heavy atom. The van der Waals surface area contributed by atoms with Gasteiger partial charge < -0.3 is 0 Å². The van der Waals surface area contributed by atoms with E-state index in [-0.39, 0.29) is 68.0 Å². The van der Waals surface area contributed by atoms with E-state index in [2.05, 4.69) is 0 Å². The van der Waals surface area contributed by atoms with Gasteiger partial charge in [-0.1, -0.05) is 0 Å².